The molecule has 0 unspecified atom stereocenters. The lowest BCUT2D eigenvalue weighted by molar-refractivity contribution is -0.120. The van der Waals surface area contributed by atoms with E-state index < -0.39 is 0 Å². The van der Waals surface area contributed by atoms with Crippen LogP contribution in [0.2, 0.25) is 0 Å². The summed E-state index contributed by atoms with van der Waals surface area (Å²) >= 11 is 0. The maximum absolute atomic E-state index is 11.3. The number of carbonyl (C=O) groups excluding carboxylic acids is 2. The third-order valence-electron chi connectivity index (χ3n) is 1.67. The summed E-state index contributed by atoms with van der Waals surface area (Å²) in [6.45, 7) is 0.850. The van der Waals surface area contributed by atoms with E-state index in [4.69, 9.17) is 9.84 Å². The molecule has 0 spiro atoms. The van der Waals surface area contributed by atoms with Gasteiger partial charge in [-0.3, -0.25) is 9.59 Å². The Hall–Kier alpha value is -1.47. The van der Waals surface area contributed by atoms with Crippen LogP contribution in [0.25, 0.3) is 0 Å². The maximum Gasteiger partial charge on any atom is 0.268 e. The molecule has 84 valence electrons. The molecule has 1 aliphatic rings. The normalized spacial score (nSPS) is 14.7. The number of ether oxygens (including phenoxy) is 1. The van der Waals surface area contributed by atoms with E-state index in [2.05, 4.69) is 15.8 Å². The molecular weight excluding hydrogens is 202 g/mol. The van der Waals surface area contributed by atoms with E-state index in [1.165, 1.54) is 0 Å². The van der Waals surface area contributed by atoms with Gasteiger partial charge in [-0.2, -0.15) is 5.10 Å². The second-order valence-electron chi connectivity index (χ2n) is 2.86. The highest BCUT2D eigenvalue weighted by Gasteiger charge is 2.20. The van der Waals surface area contributed by atoms with Gasteiger partial charge >= 0.3 is 0 Å². The summed E-state index contributed by atoms with van der Waals surface area (Å²) in [4.78, 5) is 22.0. The van der Waals surface area contributed by atoms with Crippen molar-refractivity contribution < 1.29 is 19.4 Å². The first-order valence-electron chi connectivity index (χ1n) is 4.56. The number of aliphatic hydroxyl groups is 1. The zero-order valence-electron chi connectivity index (χ0n) is 8.15. The van der Waals surface area contributed by atoms with E-state index in [0.717, 1.165) is 0 Å². The lowest BCUT2D eigenvalue weighted by Gasteiger charge is -2.04. The molecule has 0 saturated carbocycles. The molecule has 3 N–H and O–H groups in total. The molecule has 0 aromatic rings. The number of aliphatic hydroxyl groups excluding tert-OH is 1. The Morgan fingerprint density at radius 3 is 3.00 bits per heavy atom. The Morgan fingerprint density at radius 2 is 2.40 bits per heavy atom. The Labute approximate surface area is 86.5 Å². The Kier molecular flexibility index (Phi) is 4.72. The minimum atomic E-state index is -0.374. The highest BCUT2D eigenvalue weighted by Crippen LogP contribution is 1.94. The van der Waals surface area contributed by atoms with Crippen LogP contribution < -0.4 is 10.7 Å². The molecule has 2 amide bonds. The number of rotatable bonds is 6. The minimum absolute atomic E-state index is 0.0172. The van der Waals surface area contributed by atoms with Crippen molar-refractivity contribution in [2.45, 2.75) is 6.42 Å². The van der Waals surface area contributed by atoms with Gasteiger partial charge in [-0.15, -0.1) is 0 Å². The highest BCUT2D eigenvalue weighted by molar-refractivity contribution is 6.43. The molecule has 15 heavy (non-hydrogen) atoms. The summed E-state index contributed by atoms with van der Waals surface area (Å²) in [6, 6.07) is 0. The van der Waals surface area contributed by atoms with Crippen molar-refractivity contribution in [1.82, 2.24) is 10.7 Å². The smallest absolute Gasteiger partial charge is 0.268 e. The van der Waals surface area contributed by atoms with E-state index in [-0.39, 0.29) is 37.2 Å². The average Bonchev–Trinajstić information content (AvgIpc) is 2.64. The molecule has 7 heteroatoms. The lowest BCUT2D eigenvalue weighted by Crippen LogP contribution is -2.33. The molecule has 0 fully saturated rings. The first kappa shape index (κ1) is 11.6. The topological polar surface area (TPSA) is 100 Å². The number of nitrogens with zero attached hydrogens (tertiary/aromatic N) is 1. The van der Waals surface area contributed by atoms with Crippen LogP contribution in [-0.4, -0.2) is 49.0 Å². The monoisotopic (exact) mass is 215 g/mol. The van der Waals surface area contributed by atoms with Crippen LogP contribution in [0.4, 0.5) is 0 Å². The summed E-state index contributed by atoms with van der Waals surface area (Å²) in [6.07, 6.45) is 0.0172. The zero-order valence-corrected chi connectivity index (χ0v) is 8.15. The number of hydrogen-bond acceptors (Lipinski definition) is 5. The average molecular weight is 215 g/mol. The molecule has 1 aliphatic heterocycles. The highest BCUT2D eigenvalue weighted by atomic mass is 16.5. The second-order valence-corrected chi connectivity index (χ2v) is 2.86. The molecule has 0 radical (unpaired) electrons. The molecular formula is C8H13N3O4. The molecule has 0 aromatic carbocycles. The van der Waals surface area contributed by atoms with Crippen molar-refractivity contribution in [1.29, 1.82) is 0 Å². The van der Waals surface area contributed by atoms with Crippen LogP contribution in [0.5, 0.6) is 0 Å². The number of nitrogens with one attached hydrogen (secondary N) is 2. The standard InChI is InChI=1S/C8H13N3O4/c12-2-4-15-3-1-9-8(14)6-5-7(13)11-10-6/h12H,1-5H2,(H,9,14)(H,11,13). The summed E-state index contributed by atoms with van der Waals surface area (Å²) < 4.78 is 4.93. The second kappa shape index (κ2) is 6.10. The van der Waals surface area contributed by atoms with Gasteiger partial charge in [0.2, 0.25) is 5.91 Å². The van der Waals surface area contributed by atoms with E-state index in [9.17, 15) is 9.59 Å². The van der Waals surface area contributed by atoms with Crippen molar-refractivity contribution in [2.75, 3.05) is 26.4 Å². The van der Waals surface area contributed by atoms with Crippen molar-refractivity contribution in [3.8, 4) is 0 Å². The van der Waals surface area contributed by atoms with Gasteiger partial charge < -0.3 is 15.2 Å². The van der Waals surface area contributed by atoms with Crippen LogP contribution in [0.1, 0.15) is 6.42 Å². The van der Waals surface area contributed by atoms with Gasteiger partial charge in [0, 0.05) is 6.54 Å². The lowest BCUT2D eigenvalue weighted by atomic mass is 10.2. The van der Waals surface area contributed by atoms with Crippen molar-refractivity contribution >= 4 is 17.5 Å². The Morgan fingerprint density at radius 1 is 1.60 bits per heavy atom. The Balaban J connectivity index is 2.11. The van der Waals surface area contributed by atoms with Crippen LogP contribution in [0, 0.1) is 0 Å². The predicted molar refractivity (Wildman–Crippen MR) is 51.1 cm³/mol. The molecule has 0 bridgehead atoms. The van der Waals surface area contributed by atoms with Crippen LogP contribution >= 0.6 is 0 Å². The molecule has 0 saturated heterocycles. The number of hydrazone groups is 1. The van der Waals surface area contributed by atoms with Gasteiger partial charge in [-0.1, -0.05) is 0 Å². The van der Waals surface area contributed by atoms with E-state index in [0.29, 0.717) is 13.2 Å². The van der Waals surface area contributed by atoms with Crippen LogP contribution in [0.3, 0.4) is 0 Å². The number of hydrogen-bond donors (Lipinski definition) is 3. The first-order chi connectivity index (χ1) is 7.24. The third-order valence-corrected chi connectivity index (χ3v) is 1.67. The third kappa shape index (κ3) is 4.05. The Bertz CT molecular complexity index is 277. The molecule has 0 aliphatic carbocycles. The van der Waals surface area contributed by atoms with Gasteiger partial charge in [0.05, 0.1) is 26.2 Å². The van der Waals surface area contributed by atoms with Gasteiger partial charge in [0.1, 0.15) is 5.71 Å². The predicted octanol–water partition coefficient (Wildman–Crippen LogP) is -2.01. The molecule has 0 aromatic heterocycles. The van der Waals surface area contributed by atoms with E-state index in [1.54, 1.807) is 0 Å². The largest absolute Gasteiger partial charge is 0.394 e. The van der Waals surface area contributed by atoms with E-state index >= 15 is 0 Å². The summed E-state index contributed by atoms with van der Waals surface area (Å²) in [5, 5.41) is 14.5. The first-order valence-corrected chi connectivity index (χ1v) is 4.56. The zero-order chi connectivity index (χ0) is 11.1. The maximum atomic E-state index is 11.3. The molecule has 7 nitrogen and oxygen atoms in total. The SMILES string of the molecule is O=C1CC(C(=O)NCCOCCO)=NN1. The summed E-state index contributed by atoms with van der Waals surface area (Å²) in [5.74, 6) is -0.655. The molecule has 1 rings (SSSR count). The van der Waals surface area contributed by atoms with Gasteiger partial charge in [0.25, 0.3) is 5.91 Å². The van der Waals surface area contributed by atoms with Gasteiger partial charge in [0.15, 0.2) is 0 Å². The van der Waals surface area contributed by atoms with Gasteiger partial charge in [-0.05, 0) is 0 Å². The molecule has 1 heterocycles. The van der Waals surface area contributed by atoms with Crippen molar-refractivity contribution in [2.24, 2.45) is 5.10 Å². The summed E-state index contributed by atoms with van der Waals surface area (Å²) in [5.41, 5.74) is 2.37. The van der Waals surface area contributed by atoms with Crippen LogP contribution in [-0.2, 0) is 14.3 Å². The number of amides is 2. The quantitative estimate of drug-likeness (QED) is 0.445. The summed E-state index contributed by atoms with van der Waals surface area (Å²) in [7, 11) is 0. The number of carbonyl (C=O) groups is 2. The van der Waals surface area contributed by atoms with Crippen molar-refractivity contribution in [3.63, 3.8) is 0 Å². The van der Waals surface area contributed by atoms with Crippen LogP contribution in [0.15, 0.2) is 5.10 Å². The van der Waals surface area contributed by atoms with Gasteiger partial charge in [-0.25, -0.2) is 5.43 Å². The van der Waals surface area contributed by atoms with E-state index in [1.807, 2.05) is 0 Å². The fourth-order valence-corrected chi connectivity index (χ4v) is 0.997. The minimum Gasteiger partial charge on any atom is -0.394 e. The van der Waals surface area contributed by atoms with Crippen molar-refractivity contribution in [3.05, 3.63) is 0 Å². The molecule has 0 atom stereocenters. The fraction of sp³-hybridized carbons (Fsp3) is 0.625. The fourth-order valence-electron chi connectivity index (χ4n) is 0.997.